The second kappa shape index (κ2) is 13.1. The Morgan fingerprint density at radius 3 is 1.60 bits per heavy atom. The van der Waals surface area contributed by atoms with Gasteiger partial charge in [-0.05, 0) is 40.5 Å². The van der Waals surface area contributed by atoms with Crippen LogP contribution in [-0.4, -0.2) is 30.7 Å². The zero-order valence-electron chi connectivity index (χ0n) is 18.5. The average Bonchev–Trinajstić information content (AvgIpc) is 2.55. The van der Waals surface area contributed by atoms with Crippen LogP contribution in [0.1, 0.15) is 113 Å². The number of rotatable bonds is 16. The fourth-order valence-electron chi connectivity index (χ4n) is 3.95. The molecule has 0 aromatic heterocycles. The molecule has 0 fully saturated rings. The first-order chi connectivity index (χ1) is 11.8. The summed E-state index contributed by atoms with van der Waals surface area (Å²) in [5.41, 5.74) is -0.379. The molecule has 0 heterocycles. The van der Waals surface area contributed by atoms with E-state index in [1.807, 2.05) is 7.11 Å². The summed E-state index contributed by atoms with van der Waals surface area (Å²) in [5.74, 6) is -0.677. The Labute approximate surface area is 158 Å². The van der Waals surface area contributed by atoms with Gasteiger partial charge in [0, 0.05) is 13.5 Å². The molecule has 3 nitrogen and oxygen atoms in total. The van der Waals surface area contributed by atoms with E-state index in [9.17, 15) is 0 Å². The molecule has 0 saturated carbocycles. The van der Waals surface area contributed by atoms with E-state index in [4.69, 9.17) is 14.2 Å². The maximum absolute atomic E-state index is 6.46. The lowest BCUT2D eigenvalue weighted by atomic mass is 9.80. The molecule has 0 aromatic rings. The molecule has 0 amide bonds. The van der Waals surface area contributed by atoms with Crippen LogP contribution in [0.25, 0.3) is 0 Å². The van der Waals surface area contributed by atoms with Gasteiger partial charge in [-0.3, -0.25) is 0 Å². The summed E-state index contributed by atoms with van der Waals surface area (Å²) >= 11 is 0. The fraction of sp³-hybridized carbons (Fsp3) is 1.00. The van der Waals surface area contributed by atoms with Crippen molar-refractivity contribution in [2.75, 3.05) is 7.11 Å². The number of hydrogen-bond acceptors (Lipinski definition) is 3. The first-order valence-electron chi connectivity index (χ1n) is 10.7. The van der Waals surface area contributed by atoms with Crippen LogP contribution >= 0.6 is 0 Å². The first-order valence-corrected chi connectivity index (χ1v) is 10.7. The zero-order valence-corrected chi connectivity index (χ0v) is 18.5. The number of methoxy groups -OCH3 is 1. The maximum atomic E-state index is 6.46. The van der Waals surface area contributed by atoms with Gasteiger partial charge in [0.15, 0.2) is 5.79 Å². The van der Waals surface area contributed by atoms with Crippen LogP contribution < -0.4 is 0 Å². The third kappa shape index (κ3) is 7.97. The number of ether oxygens (including phenoxy) is 3. The summed E-state index contributed by atoms with van der Waals surface area (Å²) in [4.78, 5) is 0. The predicted octanol–water partition coefficient (Wildman–Crippen LogP) is 6.88. The quantitative estimate of drug-likeness (QED) is 0.222. The molecule has 0 radical (unpaired) electrons. The molecule has 0 spiro atoms. The van der Waals surface area contributed by atoms with E-state index in [0.29, 0.717) is 0 Å². The van der Waals surface area contributed by atoms with Crippen LogP contribution in [0.3, 0.4) is 0 Å². The summed E-state index contributed by atoms with van der Waals surface area (Å²) in [7, 11) is 1.84. The fourth-order valence-corrected chi connectivity index (χ4v) is 3.95. The molecular formula is C22H46O3. The Bertz CT molecular complexity index is 304. The zero-order chi connectivity index (χ0) is 19.3. The van der Waals surface area contributed by atoms with Gasteiger partial charge in [0.05, 0.1) is 12.2 Å². The highest BCUT2D eigenvalue weighted by atomic mass is 16.7. The first kappa shape index (κ1) is 24.9. The van der Waals surface area contributed by atoms with Crippen molar-refractivity contribution in [2.24, 2.45) is 0 Å². The van der Waals surface area contributed by atoms with Crippen molar-refractivity contribution >= 4 is 0 Å². The Morgan fingerprint density at radius 2 is 1.20 bits per heavy atom. The Kier molecular flexibility index (Phi) is 13.0. The smallest absolute Gasteiger partial charge is 0.197 e. The molecule has 0 N–H and O–H groups in total. The lowest BCUT2D eigenvalue weighted by Crippen LogP contribution is -2.60. The lowest BCUT2D eigenvalue weighted by molar-refractivity contribution is -0.353. The van der Waals surface area contributed by atoms with E-state index in [1.54, 1.807) is 0 Å². The van der Waals surface area contributed by atoms with Crippen LogP contribution in [0.2, 0.25) is 0 Å². The van der Waals surface area contributed by atoms with Gasteiger partial charge in [-0.1, -0.05) is 65.7 Å². The monoisotopic (exact) mass is 358 g/mol. The molecule has 1 unspecified atom stereocenters. The van der Waals surface area contributed by atoms with Gasteiger partial charge in [-0.15, -0.1) is 0 Å². The third-order valence-electron chi connectivity index (χ3n) is 4.99. The highest BCUT2D eigenvalue weighted by Crippen LogP contribution is 2.43. The molecule has 152 valence electrons. The predicted molar refractivity (Wildman–Crippen MR) is 108 cm³/mol. The number of unbranched alkanes of at least 4 members (excludes halogenated alkanes) is 5. The Hall–Kier alpha value is -0.120. The molecular weight excluding hydrogens is 312 g/mol. The van der Waals surface area contributed by atoms with Crippen LogP contribution in [0.4, 0.5) is 0 Å². The van der Waals surface area contributed by atoms with Gasteiger partial charge in [0.2, 0.25) is 0 Å². The van der Waals surface area contributed by atoms with E-state index in [2.05, 4.69) is 48.5 Å². The minimum atomic E-state index is -0.677. The summed E-state index contributed by atoms with van der Waals surface area (Å²) in [5, 5.41) is 0. The van der Waals surface area contributed by atoms with Crippen molar-refractivity contribution in [3.8, 4) is 0 Å². The number of hydrogen-bond donors (Lipinski definition) is 0. The summed E-state index contributed by atoms with van der Waals surface area (Å²) in [6, 6.07) is 0. The summed E-state index contributed by atoms with van der Waals surface area (Å²) < 4.78 is 19.1. The van der Waals surface area contributed by atoms with Crippen LogP contribution in [0.15, 0.2) is 0 Å². The van der Waals surface area contributed by atoms with Crippen LogP contribution in [-0.2, 0) is 14.2 Å². The maximum Gasteiger partial charge on any atom is 0.197 e. The standard InChI is InChI=1S/C22H46O3/c1-9-12-13-14-15-16-18-21(23-8,17-10-2)22(11-3,24-19(4)5)25-20(6)7/h19-20H,9-18H2,1-8H3. The minimum Gasteiger partial charge on any atom is -0.373 e. The molecule has 0 saturated heterocycles. The minimum absolute atomic E-state index is 0.106. The van der Waals surface area contributed by atoms with Crippen molar-refractivity contribution < 1.29 is 14.2 Å². The second-order valence-corrected chi connectivity index (χ2v) is 7.91. The van der Waals surface area contributed by atoms with Gasteiger partial charge in [-0.2, -0.15) is 0 Å². The van der Waals surface area contributed by atoms with Crippen molar-refractivity contribution in [1.82, 2.24) is 0 Å². The van der Waals surface area contributed by atoms with E-state index in [0.717, 1.165) is 25.7 Å². The lowest BCUT2D eigenvalue weighted by Gasteiger charge is -2.50. The topological polar surface area (TPSA) is 27.7 Å². The Morgan fingerprint density at radius 1 is 0.680 bits per heavy atom. The van der Waals surface area contributed by atoms with Crippen molar-refractivity contribution in [1.29, 1.82) is 0 Å². The van der Waals surface area contributed by atoms with Gasteiger partial charge in [-0.25, -0.2) is 0 Å². The molecule has 1 atom stereocenters. The van der Waals surface area contributed by atoms with E-state index in [1.165, 1.54) is 38.5 Å². The Balaban J connectivity index is 5.33. The second-order valence-electron chi connectivity index (χ2n) is 7.91. The largest absolute Gasteiger partial charge is 0.373 e. The molecule has 0 aromatic carbocycles. The van der Waals surface area contributed by atoms with Gasteiger partial charge in [0.1, 0.15) is 5.60 Å². The van der Waals surface area contributed by atoms with E-state index >= 15 is 0 Å². The van der Waals surface area contributed by atoms with Crippen molar-refractivity contribution in [3.05, 3.63) is 0 Å². The van der Waals surface area contributed by atoms with E-state index in [-0.39, 0.29) is 17.8 Å². The highest BCUT2D eigenvalue weighted by Gasteiger charge is 2.53. The van der Waals surface area contributed by atoms with Crippen molar-refractivity contribution in [3.63, 3.8) is 0 Å². The van der Waals surface area contributed by atoms with Crippen LogP contribution in [0.5, 0.6) is 0 Å². The molecule has 0 aliphatic carbocycles. The summed E-state index contributed by atoms with van der Waals surface area (Å²) in [6.45, 7) is 15.0. The summed E-state index contributed by atoms with van der Waals surface area (Å²) in [6.07, 6.45) is 11.8. The molecule has 25 heavy (non-hydrogen) atoms. The van der Waals surface area contributed by atoms with Gasteiger partial charge >= 0.3 is 0 Å². The normalized spacial score (nSPS) is 15.1. The van der Waals surface area contributed by atoms with Gasteiger partial charge < -0.3 is 14.2 Å². The molecule has 3 heteroatoms. The molecule has 0 aliphatic heterocycles. The van der Waals surface area contributed by atoms with E-state index < -0.39 is 5.79 Å². The third-order valence-corrected chi connectivity index (χ3v) is 4.99. The molecule has 0 aliphatic rings. The van der Waals surface area contributed by atoms with Crippen LogP contribution in [0, 0.1) is 0 Å². The molecule has 0 bridgehead atoms. The average molecular weight is 359 g/mol. The highest BCUT2D eigenvalue weighted by molar-refractivity contribution is 4.96. The van der Waals surface area contributed by atoms with Gasteiger partial charge in [0.25, 0.3) is 0 Å². The molecule has 0 rings (SSSR count). The SMILES string of the molecule is CCCCCCCCC(CCC)(OC)C(CC)(OC(C)C)OC(C)C. The van der Waals surface area contributed by atoms with Crippen molar-refractivity contribution in [2.45, 2.75) is 136 Å².